The van der Waals surface area contributed by atoms with E-state index in [0.29, 0.717) is 27.8 Å². The molecule has 1 amide bonds. The summed E-state index contributed by atoms with van der Waals surface area (Å²) >= 11 is 12.0. The molecule has 1 unspecified atom stereocenters. The van der Waals surface area contributed by atoms with Gasteiger partial charge in [0.2, 0.25) is 0 Å². The molecule has 2 rings (SSSR count). The Kier molecular flexibility index (Phi) is 6.00. The van der Waals surface area contributed by atoms with Gasteiger partial charge in [0.15, 0.2) is 6.54 Å². The van der Waals surface area contributed by atoms with E-state index < -0.39 is 0 Å². The molecule has 0 bridgehead atoms. The van der Waals surface area contributed by atoms with Gasteiger partial charge < -0.3 is 10.2 Å². The molecule has 0 radical (unpaired) electrons. The lowest BCUT2D eigenvalue weighted by Crippen LogP contribution is -3.08. The van der Waals surface area contributed by atoms with E-state index in [0.717, 1.165) is 10.5 Å². The van der Waals surface area contributed by atoms with Crippen molar-refractivity contribution in [2.24, 2.45) is 0 Å². The average molecular weight is 349 g/mol. The van der Waals surface area contributed by atoms with E-state index in [2.05, 4.69) is 5.32 Å². The summed E-state index contributed by atoms with van der Waals surface area (Å²) in [5, 5.41) is 13.0. The molecule has 23 heavy (non-hydrogen) atoms. The van der Waals surface area contributed by atoms with Crippen LogP contribution < -0.4 is 10.2 Å². The molecule has 6 heteroatoms. The van der Waals surface area contributed by atoms with Gasteiger partial charge in [-0.2, -0.15) is 5.26 Å². The van der Waals surface area contributed by atoms with Crippen molar-refractivity contribution in [2.45, 2.75) is 6.54 Å². The van der Waals surface area contributed by atoms with E-state index in [4.69, 9.17) is 28.5 Å². The van der Waals surface area contributed by atoms with Crippen LogP contribution in [-0.2, 0) is 11.3 Å². The van der Waals surface area contributed by atoms with Crippen LogP contribution in [0.25, 0.3) is 0 Å². The molecule has 1 atom stereocenters. The first-order valence-corrected chi connectivity index (χ1v) is 7.79. The molecule has 0 saturated carbocycles. The highest BCUT2D eigenvalue weighted by atomic mass is 35.5. The topological polar surface area (TPSA) is 57.3 Å². The molecule has 0 aliphatic heterocycles. The molecule has 4 nitrogen and oxygen atoms in total. The van der Waals surface area contributed by atoms with Gasteiger partial charge in [0.05, 0.1) is 18.3 Å². The fourth-order valence-corrected chi connectivity index (χ4v) is 2.59. The monoisotopic (exact) mass is 348 g/mol. The number of carbonyl (C=O) groups excluding carboxylic acids is 1. The van der Waals surface area contributed by atoms with Gasteiger partial charge in [0, 0.05) is 15.6 Å². The Hall–Kier alpha value is -2.06. The normalized spacial score (nSPS) is 11.6. The number of amides is 1. The molecule has 0 aliphatic carbocycles. The van der Waals surface area contributed by atoms with Gasteiger partial charge in [-0.1, -0.05) is 41.4 Å². The Morgan fingerprint density at radius 3 is 2.70 bits per heavy atom. The number of nitrogens with zero attached hydrogens (tertiary/aromatic N) is 1. The number of hydrogen-bond acceptors (Lipinski definition) is 2. The summed E-state index contributed by atoms with van der Waals surface area (Å²) in [5.41, 5.74) is 1.79. The van der Waals surface area contributed by atoms with Crippen molar-refractivity contribution in [3.8, 4) is 6.07 Å². The van der Waals surface area contributed by atoms with Gasteiger partial charge in [-0.15, -0.1) is 0 Å². The van der Waals surface area contributed by atoms with Gasteiger partial charge >= 0.3 is 0 Å². The fraction of sp³-hybridized carbons (Fsp3) is 0.176. The number of hydrogen-bond donors (Lipinski definition) is 2. The molecule has 2 N–H and O–H groups in total. The molecule has 0 saturated heterocycles. The third-order valence-corrected chi connectivity index (χ3v) is 3.89. The summed E-state index contributed by atoms with van der Waals surface area (Å²) < 4.78 is 0. The van der Waals surface area contributed by atoms with Crippen LogP contribution in [-0.4, -0.2) is 19.5 Å². The molecule has 0 spiro atoms. The molecule has 0 aromatic heterocycles. The SMILES string of the molecule is C[NH+](CC(=O)Nc1cc(Cl)ccc1C#N)Cc1ccccc1Cl. The smallest absolute Gasteiger partial charge is 0.279 e. The summed E-state index contributed by atoms with van der Waals surface area (Å²) in [6.07, 6.45) is 0. The van der Waals surface area contributed by atoms with E-state index in [1.54, 1.807) is 18.2 Å². The van der Waals surface area contributed by atoms with Crippen LogP contribution in [0.15, 0.2) is 42.5 Å². The third kappa shape index (κ3) is 4.97. The zero-order valence-electron chi connectivity index (χ0n) is 12.6. The number of carbonyl (C=O) groups is 1. The number of rotatable bonds is 5. The average Bonchev–Trinajstić information content (AvgIpc) is 2.49. The maximum absolute atomic E-state index is 12.2. The van der Waals surface area contributed by atoms with Crippen LogP contribution in [0.1, 0.15) is 11.1 Å². The van der Waals surface area contributed by atoms with Gasteiger partial charge in [-0.05, 0) is 24.3 Å². The quantitative estimate of drug-likeness (QED) is 0.872. The van der Waals surface area contributed by atoms with Crippen LogP contribution in [0.5, 0.6) is 0 Å². The van der Waals surface area contributed by atoms with Crippen LogP contribution in [0.2, 0.25) is 10.0 Å². The fourth-order valence-electron chi connectivity index (χ4n) is 2.22. The van der Waals surface area contributed by atoms with Gasteiger partial charge in [-0.3, -0.25) is 4.79 Å². The summed E-state index contributed by atoms with van der Waals surface area (Å²) in [6.45, 7) is 0.885. The predicted octanol–water partition coefficient (Wildman–Crippen LogP) is 2.52. The predicted molar refractivity (Wildman–Crippen MR) is 91.7 cm³/mol. The van der Waals surface area contributed by atoms with Crippen LogP contribution >= 0.6 is 23.2 Å². The Bertz CT molecular complexity index is 756. The maximum Gasteiger partial charge on any atom is 0.279 e. The lowest BCUT2D eigenvalue weighted by molar-refractivity contribution is -0.885. The zero-order valence-corrected chi connectivity index (χ0v) is 14.1. The van der Waals surface area contributed by atoms with Crippen molar-refractivity contribution >= 4 is 34.8 Å². The van der Waals surface area contributed by atoms with E-state index in [1.165, 1.54) is 0 Å². The second kappa shape index (κ2) is 7.98. The third-order valence-electron chi connectivity index (χ3n) is 3.29. The molecular formula is C17H16Cl2N3O+. The van der Waals surface area contributed by atoms with Gasteiger partial charge in [0.25, 0.3) is 5.91 Å². The van der Waals surface area contributed by atoms with Crippen molar-refractivity contribution in [3.05, 3.63) is 63.6 Å². The second-order valence-corrected chi connectivity index (χ2v) is 6.10. The van der Waals surface area contributed by atoms with Crippen LogP contribution in [0, 0.1) is 11.3 Å². The van der Waals surface area contributed by atoms with Gasteiger partial charge in [0.1, 0.15) is 12.6 Å². The summed E-state index contributed by atoms with van der Waals surface area (Å²) in [7, 11) is 1.91. The van der Waals surface area contributed by atoms with Crippen molar-refractivity contribution in [1.82, 2.24) is 0 Å². The Morgan fingerprint density at radius 1 is 1.26 bits per heavy atom. The highest BCUT2D eigenvalue weighted by Gasteiger charge is 2.14. The van der Waals surface area contributed by atoms with E-state index in [-0.39, 0.29) is 12.5 Å². The standard InChI is InChI=1S/C17H15Cl2N3O/c1-22(10-13-4-2-3-5-15(13)19)11-17(23)21-16-8-14(18)7-6-12(16)9-20/h2-8H,10-11H2,1H3,(H,21,23)/p+1. The lowest BCUT2D eigenvalue weighted by Gasteiger charge is -2.15. The zero-order chi connectivity index (χ0) is 16.8. The first-order chi connectivity index (χ1) is 11.0. The highest BCUT2D eigenvalue weighted by Crippen LogP contribution is 2.20. The summed E-state index contributed by atoms with van der Waals surface area (Å²) in [4.78, 5) is 13.1. The Labute approximate surface area is 145 Å². The molecule has 2 aromatic rings. The van der Waals surface area contributed by atoms with Gasteiger partial charge in [-0.25, -0.2) is 0 Å². The largest absolute Gasteiger partial charge is 0.326 e. The minimum atomic E-state index is -0.187. The summed E-state index contributed by atoms with van der Waals surface area (Å²) in [6, 6.07) is 14.4. The maximum atomic E-state index is 12.2. The molecule has 0 aliphatic rings. The number of nitriles is 1. The summed E-state index contributed by atoms with van der Waals surface area (Å²) in [5.74, 6) is -0.187. The first-order valence-electron chi connectivity index (χ1n) is 7.04. The molecule has 0 fully saturated rings. The molecule has 0 heterocycles. The highest BCUT2D eigenvalue weighted by molar-refractivity contribution is 6.31. The van der Waals surface area contributed by atoms with Crippen molar-refractivity contribution in [3.63, 3.8) is 0 Å². The van der Waals surface area contributed by atoms with Crippen molar-refractivity contribution < 1.29 is 9.69 Å². The second-order valence-electron chi connectivity index (χ2n) is 5.25. The van der Waals surface area contributed by atoms with E-state index in [1.807, 2.05) is 37.4 Å². The number of anilines is 1. The number of quaternary nitrogens is 1. The van der Waals surface area contributed by atoms with E-state index in [9.17, 15) is 4.79 Å². The Balaban J connectivity index is 1.99. The number of halogens is 2. The minimum Gasteiger partial charge on any atom is -0.326 e. The van der Waals surface area contributed by atoms with Crippen molar-refractivity contribution in [1.29, 1.82) is 5.26 Å². The minimum absolute atomic E-state index is 0.187. The van der Waals surface area contributed by atoms with Crippen molar-refractivity contribution in [2.75, 3.05) is 18.9 Å². The number of likely N-dealkylation sites (N-methyl/N-ethyl adjacent to an activating group) is 1. The van der Waals surface area contributed by atoms with Crippen LogP contribution in [0.3, 0.4) is 0 Å². The molecular weight excluding hydrogens is 333 g/mol. The number of benzene rings is 2. The first kappa shape index (κ1) is 17.3. The lowest BCUT2D eigenvalue weighted by atomic mass is 10.2. The number of nitrogens with one attached hydrogen (secondary N) is 2. The van der Waals surface area contributed by atoms with Crippen LogP contribution in [0.4, 0.5) is 5.69 Å². The molecule has 118 valence electrons. The molecule has 2 aromatic carbocycles. The van der Waals surface area contributed by atoms with E-state index >= 15 is 0 Å². The Morgan fingerprint density at radius 2 is 2.00 bits per heavy atom.